The Balaban J connectivity index is 1.42. The Morgan fingerprint density at radius 3 is 2.74 bits per heavy atom. The van der Waals surface area contributed by atoms with Crippen molar-refractivity contribution in [1.82, 2.24) is 19.9 Å². The number of ether oxygens (including phenoxy) is 2. The Labute approximate surface area is 203 Å². The predicted molar refractivity (Wildman–Crippen MR) is 133 cm³/mol. The molecule has 1 aliphatic heterocycles. The minimum Gasteiger partial charge on any atom is -0.496 e. The Morgan fingerprint density at radius 1 is 1.11 bits per heavy atom. The number of aliphatic hydroxyl groups is 2. The summed E-state index contributed by atoms with van der Waals surface area (Å²) in [5, 5.41) is 32.2. The summed E-state index contributed by atoms with van der Waals surface area (Å²) in [5.41, 5.74) is 3.07. The van der Waals surface area contributed by atoms with Crippen LogP contribution < -0.4 is 20.1 Å². The zero-order valence-electron chi connectivity index (χ0n) is 19.7. The third kappa shape index (κ3) is 4.53. The smallest absolute Gasteiger partial charge is 0.245 e. The van der Waals surface area contributed by atoms with Crippen LogP contribution in [-0.4, -0.2) is 63.8 Å². The van der Waals surface area contributed by atoms with Crippen LogP contribution in [0.2, 0.25) is 0 Å². The molecule has 5 rings (SSSR count). The highest BCUT2D eigenvalue weighted by Gasteiger charge is 2.38. The topological polar surface area (TPSA) is 113 Å². The highest BCUT2D eigenvalue weighted by atomic mass is 16.5. The largest absolute Gasteiger partial charge is 0.496 e. The van der Waals surface area contributed by atoms with Gasteiger partial charge in [0.15, 0.2) is 0 Å². The van der Waals surface area contributed by atoms with Crippen LogP contribution in [0.15, 0.2) is 60.8 Å². The molecular weight excluding hydrogens is 446 g/mol. The second kappa shape index (κ2) is 9.53. The lowest BCUT2D eigenvalue weighted by molar-refractivity contribution is -0.0911. The van der Waals surface area contributed by atoms with E-state index in [9.17, 15) is 10.2 Å². The molecule has 4 aromatic rings. The van der Waals surface area contributed by atoms with E-state index in [4.69, 9.17) is 14.6 Å². The zero-order chi connectivity index (χ0) is 24.4. The van der Waals surface area contributed by atoms with Gasteiger partial charge in [0.05, 0.1) is 49.0 Å². The SMILES string of the molecule is COc1cc(C[C@]2(O)CCNC[C@@H]2O)ccc1Nc1ncc2ccc(-c3ccccc3OC)n2n1. The highest BCUT2D eigenvalue weighted by Crippen LogP contribution is 2.33. The van der Waals surface area contributed by atoms with E-state index in [0.29, 0.717) is 43.3 Å². The van der Waals surface area contributed by atoms with Crippen LogP contribution in [0.3, 0.4) is 0 Å². The van der Waals surface area contributed by atoms with Gasteiger partial charge in [-0.15, -0.1) is 5.10 Å². The molecule has 0 radical (unpaired) electrons. The first-order chi connectivity index (χ1) is 17.0. The van der Waals surface area contributed by atoms with Crippen LogP contribution in [0, 0.1) is 0 Å². The van der Waals surface area contributed by atoms with Crippen LogP contribution in [0.25, 0.3) is 16.8 Å². The molecule has 0 unspecified atom stereocenters. The van der Waals surface area contributed by atoms with Crippen LogP contribution in [0.1, 0.15) is 12.0 Å². The number of nitrogens with zero attached hydrogens (tertiary/aromatic N) is 3. The van der Waals surface area contributed by atoms with E-state index in [0.717, 1.165) is 28.1 Å². The van der Waals surface area contributed by atoms with Crippen LogP contribution >= 0.6 is 0 Å². The Kier molecular flexibility index (Phi) is 6.29. The number of piperidine rings is 1. The second-order valence-electron chi connectivity index (χ2n) is 8.75. The first kappa shape index (κ1) is 23.1. The Bertz CT molecular complexity index is 1340. The van der Waals surface area contributed by atoms with Gasteiger partial charge in [0, 0.05) is 18.5 Å². The molecule has 1 fully saturated rings. The second-order valence-corrected chi connectivity index (χ2v) is 8.75. The summed E-state index contributed by atoms with van der Waals surface area (Å²) in [6.07, 6.45) is 1.75. The van der Waals surface area contributed by atoms with Crippen molar-refractivity contribution in [3.63, 3.8) is 0 Å². The maximum atomic E-state index is 10.9. The van der Waals surface area contributed by atoms with Gasteiger partial charge in [-0.05, 0) is 54.9 Å². The summed E-state index contributed by atoms with van der Waals surface area (Å²) >= 11 is 0. The average Bonchev–Trinajstić information content (AvgIpc) is 3.30. The molecule has 0 saturated carbocycles. The van der Waals surface area contributed by atoms with Crippen molar-refractivity contribution in [3.05, 3.63) is 66.4 Å². The third-order valence-electron chi connectivity index (χ3n) is 6.50. The Morgan fingerprint density at radius 2 is 1.94 bits per heavy atom. The molecule has 0 spiro atoms. The van der Waals surface area contributed by atoms with Crippen molar-refractivity contribution in [2.45, 2.75) is 24.5 Å². The van der Waals surface area contributed by atoms with Gasteiger partial charge in [0.25, 0.3) is 0 Å². The van der Waals surface area contributed by atoms with E-state index in [-0.39, 0.29) is 0 Å². The first-order valence-electron chi connectivity index (χ1n) is 11.5. The maximum Gasteiger partial charge on any atom is 0.245 e. The van der Waals surface area contributed by atoms with Crippen molar-refractivity contribution in [1.29, 1.82) is 0 Å². The lowest BCUT2D eigenvalue weighted by Crippen LogP contribution is -2.55. The quantitative estimate of drug-likeness (QED) is 0.323. The van der Waals surface area contributed by atoms with Gasteiger partial charge in [0.1, 0.15) is 11.5 Å². The third-order valence-corrected chi connectivity index (χ3v) is 6.50. The van der Waals surface area contributed by atoms with Crippen molar-refractivity contribution in [2.24, 2.45) is 0 Å². The molecule has 2 aromatic carbocycles. The van der Waals surface area contributed by atoms with Crippen molar-refractivity contribution < 1.29 is 19.7 Å². The van der Waals surface area contributed by atoms with E-state index >= 15 is 0 Å². The summed E-state index contributed by atoms with van der Waals surface area (Å²) in [5.74, 6) is 1.76. The normalized spacial score (nSPS) is 20.1. The van der Waals surface area contributed by atoms with E-state index in [1.165, 1.54) is 0 Å². The number of para-hydroxylation sites is 1. The molecule has 2 aromatic heterocycles. The van der Waals surface area contributed by atoms with Crippen molar-refractivity contribution in [2.75, 3.05) is 32.6 Å². The van der Waals surface area contributed by atoms with Gasteiger partial charge < -0.3 is 30.3 Å². The molecule has 4 N–H and O–H groups in total. The number of aliphatic hydroxyl groups excluding tert-OH is 1. The van der Waals surface area contributed by atoms with Gasteiger partial charge in [0.2, 0.25) is 5.95 Å². The number of fused-ring (bicyclic) bond motifs is 1. The van der Waals surface area contributed by atoms with Gasteiger partial charge in [-0.3, -0.25) is 0 Å². The lowest BCUT2D eigenvalue weighted by atomic mass is 9.83. The molecule has 0 bridgehead atoms. The summed E-state index contributed by atoms with van der Waals surface area (Å²) in [6, 6.07) is 17.4. The van der Waals surface area contributed by atoms with Crippen LogP contribution in [-0.2, 0) is 6.42 Å². The summed E-state index contributed by atoms with van der Waals surface area (Å²) in [4.78, 5) is 4.45. The summed E-state index contributed by atoms with van der Waals surface area (Å²) in [6.45, 7) is 1.05. The molecule has 1 aliphatic rings. The fraction of sp³-hybridized carbons (Fsp3) is 0.308. The van der Waals surface area contributed by atoms with Crippen LogP contribution in [0.4, 0.5) is 11.6 Å². The fourth-order valence-corrected chi connectivity index (χ4v) is 4.55. The molecule has 0 amide bonds. The number of hydrogen-bond donors (Lipinski definition) is 4. The molecule has 1 saturated heterocycles. The predicted octanol–water partition coefficient (Wildman–Crippen LogP) is 2.78. The minimum atomic E-state index is -1.16. The van der Waals surface area contributed by atoms with Crippen molar-refractivity contribution in [3.8, 4) is 22.8 Å². The number of nitrogens with one attached hydrogen (secondary N) is 2. The number of hydrogen-bond acceptors (Lipinski definition) is 8. The van der Waals surface area contributed by atoms with E-state index < -0.39 is 11.7 Å². The van der Waals surface area contributed by atoms with Gasteiger partial charge in [-0.2, -0.15) is 0 Å². The molecule has 35 heavy (non-hydrogen) atoms. The monoisotopic (exact) mass is 475 g/mol. The van der Waals surface area contributed by atoms with Gasteiger partial charge in [-0.1, -0.05) is 18.2 Å². The summed E-state index contributed by atoms with van der Waals surface area (Å²) < 4.78 is 13.0. The summed E-state index contributed by atoms with van der Waals surface area (Å²) in [7, 11) is 3.24. The highest BCUT2D eigenvalue weighted by molar-refractivity contribution is 5.72. The maximum absolute atomic E-state index is 10.9. The number of β-amino-alcohol motifs (C(OH)–C–C–N with tert-alkyl or cyclic N) is 1. The molecular formula is C26H29N5O4. The fourth-order valence-electron chi connectivity index (χ4n) is 4.55. The Hall–Kier alpha value is -3.66. The standard InChI is InChI=1S/C26H29N5O4/c1-34-22-6-4-3-5-19(22)21-10-8-18-15-28-25(30-31(18)21)29-20-9-7-17(13-23(20)35-2)14-26(33)11-12-27-16-24(26)32/h3-10,13,15,24,27,32-33H,11-12,14,16H2,1-2H3,(H,29,30)/t24-,26+/m0/s1. The number of methoxy groups -OCH3 is 2. The molecule has 0 aliphatic carbocycles. The van der Waals surface area contributed by atoms with E-state index in [1.54, 1.807) is 20.4 Å². The van der Waals surface area contributed by atoms with Gasteiger partial charge in [-0.25, -0.2) is 9.50 Å². The number of benzene rings is 2. The minimum absolute atomic E-state index is 0.334. The molecule has 3 heterocycles. The lowest BCUT2D eigenvalue weighted by Gasteiger charge is -2.37. The molecule has 182 valence electrons. The average molecular weight is 476 g/mol. The molecule has 9 nitrogen and oxygen atoms in total. The first-order valence-corrected chi connectivity index (χ1v) is 11.5. The number of anilines is 2. The van der Waals surface area contributed by atoms with E-state index in [2.05, 4.69) is 15.6 Å². The van der Waals surface area contributed by atoms with Crippen molar-refractivity contribution >= 4 is 17.2 Å². The molecule has 2 atom stereocenters. The number of aromatic nitrogens is 3. The number of rotatable bonds is 7. The zero-order valence-corrected chi connectivity index (χ0v) is 19.7. The van der Waals surface area contributed by atoms with E-state index in [1.807, 2.05) is 59.1 Å². The van der Waals surface area contributed by atoms with Gasteiger partial charge >= 0.3 is 0 Å². The molecule has 9 heteroatoms. The van der Waals surface area contributed by atoms with Crippen LogP contribution in [0.5, 0.6) is 11.5 Å².